The zero-order chi connectivity index (χ0) is 8.97. The Morgan fingerprint density at radius 2 is 2.25 bits per heavy atom. The van der Waals surface area contributed by atoms with Gasteiger partial charge in [0.25, 0.3) is 0 Å². The number of imidazole rings is 1. The highest BCUT2D eigenvalue weighted by Crippen LogP contribution is 1.93. The standard InChI is InChI=1S/C7H6N2O3/c10-6(1-2-7(11)12)5-3-8-4-9-5/h1-4H,(H,8,9)(H,11,12). The van der Waals surface area contributed by atoms with Crippen molar-refractivity contribution in [3.8, 4) is 0 Å². The SMILES string of the molecule is O=C(O)C=CC(=O)c1cnc[nH]1. The van der Waals surface area contributed by atoms with Crippen LogP contribution in [0, 0.1) is 0 Å². The van der Waals surface area contributed by atoms with Gasteiger partial charge in [-0.2, -0.15) is 0 Å². The zero-order valence-corrected chi connectivity index (χ0v) is 6.02. The van der Waals surface area contributed by atoms with E-state index in [1.807, 2.05) is 0 Å². The Hall–Kier alpha value is -1.91. The van der Waals surface area contributed by atoms with Gasteiger partial charge in [-0.3, -0.25) is 4.79 Å². The number of aromatic amines is 1. The fraction of sp³-hybridized carbons (Fsp3) is 0. The molecule has 0 spiro atoms. The molecule has 0 aromatic carbocycles. The van der Waals surface area contributed by atoms with Crippen LogP contribution in [0.15, 0.2) is 24.7 Å². The van der Waals surface area contributed by atoms with Crippen LogP contribution in [-0.4, -0.2) is 26.8 Å². The average molecular weight is 166 g/mol. The van der Waals surface area contributed by atoms with Gasteiger partial charge in [-0.05, 0) is 6.08 Å². The molecule has 0 unspecified atom stereocenters. The van der Waals surface area contributed by atoms with Crippen molar-refractivity contribution in [2.45, 2.75) is 0 Å². The predicted molar refractivity (Wildman–Crippen MR) is 39.7 cm³/mol. The van der Waals surface area contributed by atoms with Crippen molar-refractivity contribution in [2.24, 2.45) is 0 Å². The minimum Gasteiger partial charge on any atom is -0.478 e. The summed E-state index contributed by atoms with van der Waals surface area (Å²) < 4.78 is 0. The molecule has 0 aliphatic carbocycles. The highest BCUT2D eigenvalue weighted by molar-refractivity contribution is 6.05. The number of nitrogens with one attached hydrogen (secondary N) is 1. The molecule has 62 valence electrons. The van der Waals surface area contributed by atoms with E-state index in [0.29, 0.717) is 0 Å². The van der Waals surface area contributed by atoms with E-state index in [9.17, 15) is 9.59 Å². The molecule has 0 amide bonds. The smallest absolute Gasteiger partial charge is 0.328 e. The van der Waals surface area contributed by atoms with Crippen LogP contribution in [0.5, 0.6) is 0 Å². The summed E-state index contributed by atoms with van der Waals surface area (Å²) in [7, 11) is 0. The number of hydrogen-bond acceptors (Lipinski definition) is 3. The molecule has 5 heteroatoms. The maximum atomic E-state index is 11.0. The molecule has 12 heavy (non-hydrogen) atoms. The number of aliphatic carboxylic acids is 1. The van der Waals surface area contributed by atoms with Gasteiger partial charge in [0.15, 0.2) is 0 Å². The second kappa shape index (κ2) is 3.47. The molecule has 1 heterocycles. The van der Waals surface area contributed by atoms with Gasteiger partial charge in [-0.1, -0.05) is 0 Å². The summed E-state index contributed by atoms with van der Waals surface area (Å²) in [5.74, 6) is -1.56. The predicted octanol–water partition coefficient (Wildman–Crippen LogP) is 0.233. The molecule has 5 nitrogen and oxygen atoms in total. The van der Waals surface area contributed by atoms with Gasteiger partial charge in [-0.25, -0.2) is 9.78 Å². The number of ketones is 1. The van der Waals surface area contributed by atoms with Gasteiger partial charge in [0.05, 0.1) is 12.5 Å². The number of carbonyl (C=O) groups excluding carboxylic acids is 1. The number of nitrogens with zero attached hydrogens (tertiary/aromatic N) is 1. The molecular weight excluding hydrogens is 160 g/mol. The molecule has 1 rings (SSSR count). The number of aromatic nitrogens is 2. The molecule has 0 saturated carbocycles. The van der Waals surface area contributed by atoms with E-state index in [0.717, 1.165) is 12.2 Å². The fourth-order valence-electron chi connectivity index (χ4n) is 0.627. The Bertz CT molecular complexity index is 313. The minimum absolute atomic E-state index is 0.271. The summed E-state index contributed by atoms with van der Waals surface area (Å²) in [5.41, 5.74) is 0.271. The van der Waals surface area contributed by atoms with Crippen molar-refractivity contribution in [3.05, 3.63) is 30.4 Å². The van der Waals surface area contributed by atoms with Crippen molar-refractivity contribution < 1.29 is 14.7 Å². The van der Waals surface area contributed by atoms with E-state index >= 15 is 0 Å². The van der Waals surface area contributed by atoms with Crippen molar-refractivity contribution in [1.29, 1.82) is 0 Å². The normalized spacial score (nSPS) is 10.3. The lowest BCUT2D eigenvalue weighted by Gasteiger charge is -1.85. The Morgan fingerprint density at radius 3 is 2.75 bits per heavy atom. The lowest BCUT2D eigenvalue weighted by molar-refractivity contribution is -0.131. The first kappa shape index (κ1) is 8.19. The second-order valence-corrected chi connectivity index (χ2v) is 2.00. The number of carboxylic acids is 1. The molecule has 2 N–H and O–H groups in total. The van der Waals surface area contributed by atoms with Crippen LogP contribution in [0.2, 0.25) is 0 Å². The number of carbonyl (C=O) groups is 2. The Kier molecular flexibility index (Phi) is 2.37. The molecular formula is C7H6N2O3. The molecule has 0 bridgehead atoms. The van der Waals surface area contributed by atoms with E-state index in [-0.39, 0.29) is 5.69 Å². The highest BCUT2D eigenvalue weighted by atomic mass is 16.4. The van der Waals surface area contributed by atoms with Gasteiger partial charge >= 0.3 is 5.97 Å². The summed E-state index contributed by atoms with van der Waals surface area (Å²) >= 11 is 0. The monoisotopic (exact) mass is 166 g/mol. The van der Waals surface area contributed by atoms with Gasteiger partial charge < -0.3 is 10.1 Å². The topological polar surface area (TPSA) is 83.0 Å². The van der Waals surface area contributed by atoms with Crippen molar-refractivity contribution in [1.82, 2.24) is 9.97 Å². The van der Waals surface area contributed by atoms with E-state index in [1.165, 1.54) is 12.5 Å². The fourth-order valence-corrected chi connectivity index (χ4v) is 0.627. The summed E-state index contributed by atoms with van der Waals surface area (Å²) in [5, 5.41) is 8.20. The zero-order valence-electron chi connectivity index (χ0n) is 6.02. The first-order valence-electron chi connectivity index (χ1n) is 3.14. The summed E-state index contributed by atoms with van der Waals surface area (Å²) in [6, 6.07) is 0. The average Bonchev–Trinajstić information content (AvgIpc) is 2.51. The molecule has 0 fully saturated rings. The Balaban J connectivity index is 2.68. The number of H-pyrrole nitrogens is 1. The Morgan fingerprint density at radius 1 is 1.50 bits per heavy atom. The summed E-state index contributed by atoms with van der Waals surface area (Å²) in [6.45, 7) is 0. The Labute approximate surface area is 67.7 Å². The largest absolute Gasteiger partial charge is 0.478 e. The van der Waals surface area contributed by atoms with Gasteiger partial charge in [-0.15, -0.1) is 0 Å². The third-order valence-corrected chi connectivity index (χ3v) is 1.14. The van der Waals surface area contributed by atoms with E-state index in [2.05, 4.69) is 9.97 Å². The lowest BCUT2D eigenvalue weighted by Crippen LogP contribution is -1.96. The first-order valence-corrected chi connectivity index (χ1v) is 3.14. The third-order valence-electron chi connectivity index (χ3n) is 1.14. The molecule has 0 aliphatic rings. The van der Waals surface area contributed by atoms with Crippen LogP contribution < -0.4 is 0 Å². The molecule has 0 saturated heterocycles. The minimum atomic E-state index is -1.15. The van der Waals surface area contributed by atoms with Crippen molar-refractivity contribution in [2.75, 3.05) is 0 Å². The van der Waals surface area contributed by atoms with Crippen molar-refractivity contribution in [3.63, 3.8) is 0 Å². The van der Waals surface area contributed by atoms with Gasteiger partial charge in [0, 0.05) is 6.08 Å². The molecule has 0 aliphatic heterocycles. The second-order valence-electron chi connectivity index (χ2n) is 2.00. The lowest BCUT2D eigenvalue weighted by atomic mass is 10.3. The highest BCUT2D eigenvalue weighted by Gasteiger charge is 2.01. The first-order chi connectivity index (χ1) is 5.70. The summed E-state index contributed by atoms with van der Waals surface area (Å²) in [6.07, 6.45) is 4.43. The van der Waals surface area contributed by atoms with E-state index in [4.69, 9.17) is 5.11 Å². The van der Waals surface area contributed by atoms with Crippen LogP contribution in [0.25, 0.3) is 0 Å². The van der Waals surface area contributed by atoms with Crippen LogP contribution in [0.1, 0.15) is 10.5 Å². The van der Waals surface area contributed by atoms with Crippen molar-refractivity contribution >= 4 is 11.8 Å². The third kappa shape index (κ3) is 2.05. The van der Waals surface area contributed by atoms with Crippen LogP contribution in [-0.2, 0) is 4.79 Å². The molecule has 1 aromatic rings. The van der Waals surface area contributed by atoms with E-state index in [1.54, 1.807) is 0 Å². The van der Waals surface area contributed by atoms with Crippen LogP contribution >= 0.6 is 0 Å². The quantitative estimate of drug-likeness (QED) is 0.497. The van der Waals surface area contributed by atoms with Crippen LogP contribution in [0.3, 0.4) is 0 Å². The summed E-state index contributed by atoms with van der Waals surface area (Å²) in [4.78, 5) is 27.2. The number of rotatable bonds is 3. The maximum Gasteiger partial charge on any atom is 0.328 e. The van der Waals surface area contributed by atoms with E-state index < -0.39 is 11.8 Å². The van der Waals surface area contributed by atoms with Gasteiger partial charge in [0.2, 0.25) is 5.78 Å². The number of allylic oxidation sites excluding steroid dienone is 1. The number of hydrogen-bond donors (Lipinski definition) is 2. The van der Waals surface area contributed by atoms with Crippen LogP contribution in [0.4, 0.5) is 0 Å². The maximum absolute atomic E-state index is 11.0. The van der Waals surface area contributed by atoms with Gasteiger partial charge in [0.1, 0.15) is 5.69 Å². The molecule has 1 aromatic heterocycles. The number of carboxylic acid groups (broad SMARTS) is 1. The molecule has 0 radical (unpaired) electrons. The molecule has 0 atom stereocenters.